The smallest absolute Gasteiger partial charge is 0.187 e. The van der Waals surface area contributed by atoms with Gasteiger partial charge < -0.3 is 14.8 Å². The Morgan fingerprint density at radius 3 is 2.55 bits per heavy atom. The van der Waals surface area contributed by atoms with Crippen molar-refractivity contribution in [2.45, 2.75) is 40.5 Å². The summed E-state index contributed by atoms with van der Waals surface area (Å²) in [6, 6.07) is 13.1. The second kappa shape index (κ2) is 9.02. The fraction of sp³-hybridized carbons (Fsp3) is 0.333. The molecule has 0 aliphatic heterocycles. The second-order valence-electron chi connectivity index (χ2n) is 9.07. The third-order valence-electron chi connectivity index (χ3n) is 6.36. The molecule has 1 N–H and O–H groups in total. The maximum Gasteiger partial charge on any atom is 0.187 e. The summed E-state index contributed by atoms with van der Waals surface area (Å²) in [6.45, 7) is 10.8. The van der Waals surface area contributed by atoms with Gasteiger partial charge in [-0.25, -0.2) is 9.97 Å². The molecule has 1 aliphatic rings. The van der Waals surface area contributed by atoms with Gasteiger partial charge in [-0.2, -0.15) is 0 Å². The number of rotatable bonds is 8. The molecule has 1 aliphatic carbocycles. The van der Waals surface area contributed by atoms with Gasteiger partial charge >= 0.3 is 0 Å². The summed E-state index contributed by atoms with van der Waals surface area (Å²) in [5.74, 6) is 0.868. The van der Waals surface area contributed by atoms with E-state index in [9.17, 15) is 0 Å². The van der Waals surface area contributed by atoms with E-state index in [0.717, 1.165) is 52.5 Å². The van der Waals surface area contributed by atoms with Crippen LogP contribution < -0.4 is 10.2 Å². The molecule has 0 bridgehead atoms. The van der Waals surface area contributed by atoms with Crippen LogP contribution in [0.4, 0.5) is 16.5 Å². The van der Waals surface area contributed by atoms with E-state index in [-0.39, 0.29) is 0 Å². The number of aromatic nitrogens is 3. The fourth-order valence-corrected chi connectivity index (χ4v) is 5.00. The summed E-state index contributed by atoms with van der Waals surface area (Å²) in [5, 5.41) is 6.62. The average Bonchev–Trinajstić information content (AvgIpc) is 3.33. The number of hydrogen-bond donors (Lipinski definition) is 1. The molecule has 2 aromatic carbocycles. The minimum Gasteiger partial charge on any atom is -0.371 e. The van der Waals surface area contributed by atoms with Gasteiger partial charge in [0.25, 0.3) is 0 Å². The van der Waals surface area contributed by atoms with Crippen molar-refractivity contribution >= 4 is 27.8 Å². The Morgan fingerprint density at radius 1 is 1.09 bits per heavy atom. The number of nitrogens with zero attached hydrogens (tertiary/aromatic N) is 4. The highest BCUT2D eigenvalue weighted by Crippen LogP contribution is 2.35. The molecule has 5 rings (SSSR count). The highest BCUT2D eigenvalue weighted by molar-refractivity contribution is 7.14. The average molecular weight is 458 g/mol. The van der Waals surface area contributed by atoms with Crippen LogP contribution >= 0.6 is 11.3 Å². The number of anilines is 3. The Morgan fingerprint density at radius 2 is 1.88 bits per heavy atom. The van der Waals surface area contributed by atoms with Crippen molar-refractivity contribution in [3.8, 4) is 16.9 Å². The van der Waals surface area contributed by atoms with E-state index in [1.54, 1.807) is 11.3 Å². The molecule has 4 aromatic rings. The fourth-order valence-electron chi connectivity index (χ4n) is 4.27. The topological polar surface area (TPSA) is 46.0 Å². The lowest BCUT2D eigenvalue weighted by molar-refractivity contribution is 0.740. The summed E-state index contributed by atoms with van der Waals surface area (Å²) in [5.41, 5.74) is 9.27. The minimum absolute atomic E-state index is 0.868. The summed E-state index contributed by atoms with van der Waals surface area (Å²) in [7, 11) is 0. The van der Waals surface area contributed by atoms with Gasteiger partial charge in [0.15, 0.2) is 5.13 Å². The maximum absolute atomic E-state index is 4.87. The number of benzene rings is 2. The van der Waals surface area contributed by atoms with E-state index in [4.69, 9.17) is 4.98 Å². The van der Waals surface area contributed by atoms with Crippen LogP contribution in [-0.2, 0) is 0 Å². The minimum atomic E-state index is 0.868. The van der Waals surface area contributed by atoms with E-state index in [1.807, 2.05) is 24.0 Å². The third kappa shape index (κ3) is 4.81. The molecule has 1 saturated carbocycles. The molecular weight excluding hydrogens is 426 g/mol. The molecule has 0 unspecified atom stereocenters. The Labute approximate surface area is 200 Å². The molecule has 2 aromatic heterocycles. The van der Waals surface area contributed by atoms with Gasteiger partial charge in [0, 0.05) is 47.3 Å². The van der Waals surface area contributed by atoms with E-state index in [1.165, 1.54) is 29.7 Å². The predicted octanol–water partition coefficient (Wildman–Crippen LogP) is 6.90. The predicted molar refractivity (Wildman–Crippen MR) is 139 cm³/mol. The molecule has 0 amide bonds. The first-order valence-corrected chi connectivity index (χ1v) is 12.6. The summed E-state index contributed by atoms with van der Waals surface area (Å²) < 4.78 is 2.04. The zero-order chi connectivity index (χ0) is 22.9. The van der Waals surface area contributed by atoms with Crippen LogP contribution in [0.15, 0.2) is 54.3 Å². The number of nitrogens with one attached hydrogen (secondary N) is 1. The summed E-state index contributed by atoms with van der Waals surface area (Å²) >= 11 is 1.65. The SMILES string of the molecule is CCN(CC1CC1)c1cc(Nc2nc(-c3ccc(-n4cnc(C)c4)cc3)cs2)c(C)cc1C. The molecule has 0 spiro atoms. The molecule has 6 heteroatoms. The van der Waals surface area contributed by atoms with Gasteiger partial charge in [0.1, 0.15) is 0 Å². The van der Waals surface area contributed by atoms with E-state index in [2.05, 4.69) is 77.8 Å². The van der Waals surface area contributed by atoms with Crippen LogP contribution in [0.3, 0.4) is 0 Å². The standard InChI is InChI=1S/C27H31N5S/c1-5-31(15-21-6-7-21)26-13-24(18(2)12-19(26)3)29-27-30-25(16-33-27)22-8-10-23(11-9-22)32-14-20(4)28-17-32/h8-14,16-17,21H,5-7,15H2,1-4H3,(H,29,30). The molecule has 33 heavy (non-hydrogen) atoms. The van der Waals surface area contributed by atoms with Gasteiger partial charge in [-0.05, 0) is 75.8 Å². The van der Waals surface area contributed by atoms with Crippen molar-refractivity contribution in [1.82, 2.24) is 14.5 Å². The number of thiazole rings is 1. The summed E-state index contributed by atoms with van der Waals surface area (Å²) in [6.07, 6.45) is 6.62. The number of imidazole rings is 1. The van der Waals surface area contributed by atoms with Gasteiger partial charge in [0.2, 0.25) is 0 Å². The molecule has 2 heterocycles. The first-order chi connectivity index (χ1) is 16.0. The highest BCUT2D eigenvalue weighted by Gasteiger charge is 2.24. The third-order valence-corrected chi connectivity index (χ3v) is 7.12. The first-order valence-electron chi connectivity index (χ1n) is 11.7. The monoisotopic (exact) mass is 457 g/mol. The lowest BCUT2D eigenvalue weighted by atomic mass is 10.1. The van der Waals surface area contributed by atoms with E-state index in [0.29, 0.717) is 0 Å². The van der Waals surface area contributed by atoms with Crippen LogP contribution in [0, 0.1) is 26.7 Å². The first kappa shape index (κ1) is 21.7. The van der Waals surface area contributed by atoms with Crippen molar-refractivity contribution in [2.75, 3.05) is 23.3 Å². The molecule has 0 atom stereocenters. The van der Waals surface area contributed by atoms with Gasteiger partial charge in [0.05, 0.1) is 17.7 Å². The van der Waals surface area contributed by atoms with E-state index >= 15 is 0 Å². The van der Waals surface area contributed by atoms with Crippen molar-refractivity contribution in [3.63, 3.8) is 0 Å². The molecular formula is C27H31N5S. The molecule has 0 saturated heterocycles. The zero-order valence-corrected chi connectivity index (χ0v) is 20.6. The number of aryl methyl sites for hydroxylation is 3. The van der Waals surface area contributed by atoms with Gasteiger partial charge in [-0.3, -0.25) is 0 Å². The largest absolute Gasteiger partial charge is 0.371 e. The van der Waals surface area contributed by atoms with Crippen LogP contribution in [-0.4, -0.2) is 27.6 Å². The lowest BCUT2D eigenvalue weighted by Gasteiger charge is -2.26. The van der Waals surface area contributed by atoms with Gasteiger partial charge in [-0.1, -0.05) is 18.2 Å². The van der Waals surface area contributed by atoms with Crippen molar-refractivity contribution in [2.24, 2.45) is 5.92 Å². The van der Waals surface area contributed by atoms with Crippen molar-refractivity contribution in [3.05, 3.63) is 71.1 Å². The van der Waals surface area contributed by atoms with Crippen LogP contribution in [0.5, 0.6) is 0 Å². The van der Waals surface area contributed by atoms with Crippen LogP contribution in [0.2, 0.25) is 0 Å². The zero-order valence-electron chi connectivity index (χ0n) is 19.8. The van der Waals surface area contributed by atoms with Crippen molar-refractivity contribution < 1.29 is 0 Å². The Kier molecular flexibility index (Phi) is 5.94. The Balaban J connectivity index is 1.34. The molecule has 170 valence electrons. The van der Waals surface area contributed by atoms with Gasteiger partial charge in [-0.15, -0.1) is 11.3 Å². The Hall–Kier alpha value is -3.12. The molecule has 1 fully saturated rings. The molecule has 5 nitrogen and oxygen atoms in total. The second-order valence-corrected chi connectivity index (χ2v) is 9.93. The quantitative estimate of drug-likeness (QED) is 0.312. The molecule has 0 radical (unpaired) electrons. The van der Waals surface area contributed by atoms with Crippen LogP contribution in [0.1, 0.15) is 36.6 Å². The highest BCUT2D eigenvalue weighted by atomic mass is 32.1. The van der Waals surface area contributed by atoms with E-state index < -0.39 is 0 Å². The summed E-state index contributed by atoms with van der Waals surface area (Å²) in [4.78, 5) is 11.7. The van der Waals surface area contributed by atoms with Crippen molar-refractivity contribution in [1.29, 1.82) is 0 Å². The number of hydrogen-bond acceptors (Lipinski definition) is 5. The lowest BCUT2D eigenvalue weighted by Crippen LogP contribution is -2.26. The maximum atomic E-state index is 4.87. The Bertz CT molecular complexity index is 1250. The van der Waals surface area contributed by atoms with Crippen LogP contribution in [0.25, 0.3) is 16.9 Å². The normalized spacial score (nSPS) is 13.3.